The molecule has 2 rings (SSSR count). The lowest BCUT2D eigenvalue weighted by Crippen LogP contribution is -2.34. The van der Waals surface area contributed by atoms with Crippen LogP contribution in [0.1, 0.15) is 33.1 Å². The quantitative estimate of drug-likeness (QED) is 0.405. The van der Waals surface area contributed by atoms with Crippen LogP contribution in [0.4, 0.5) is 5.69 Å². The first-order valence-corrected chi connectivity index (χ1v) is 9.74. The first-order chi connectivity index (χ1) is 11.8. The molecule has 1 heterocycles. The lowest BCUT2D eigenvalue weighted by atomic mass is 9.82. The number of nitro benzene ring substituents is 1. The first-order valence-electron chi connectivity index (χ1n) is 8.26. The van der Waals surface area contributed by atoms with Crippen LogP contribution in [0, 0.1) is 15.5 Å². The third kappa shape index (κ3) is 4.97. The predicted molar refractivity (Wildman–Crippen MR) is 91.6 cm³/mol. The summed E-state index contributed by atoms with van der Waals surface area (Å²) in [4.78, 5) is 10.1. The van der Waals surface area contributed by atoms with Gasteiger partial charge in [0.05, 0.1) is 23.0 Å². The van der Waals surface area contributed by atoms with Crippen molar-refractivity contribution in [3.05, 3.63) is 34.4 Å². The molecule has 9 heteroatoms. The number of non-ortho nitro benzene ring substituents is 1. The van der Waals surface area contributed by atoms with Crippen LogP contribution in [0.5, 0.6) is 0 Å². The largest absolute Gasteiger partial charge is 0.350 e. The van der Waals surface area contributed by atoms with Crippen molar-refractivity contribution in [1.29, 1.82) is 0 Å². The molecule has 25 heavy (non-hydrogen) atoms. The van der Waals surface area contributed by atoms with Gasteiger partial charge in [0, 0.05) is 24.1 Å². The summed E-state index contributed by atoms with van der Waals surface area (Å²) in [6.07, 6.45) is 2.02. The van der Waals surface area contributed by atoms with E-state index in [0.717, 1.165) is 12.8 Å². The second-order valence-electron chi connectivity index (χ2n) is 6.33. The van der Waals surface area contributed by atoms with Crippen molar-refractivity contribution in [1.82, 2.24) is 4.72 Å². The van der Waals surface area contributed by atoms with Gasteiger partial charge < -0.3 is 9.47 Å². The summed E-state index contributed by atoms with van der Waals surface area (Å²) in [6, 6.07) is 4.82. The zero-order valence-electron chi connectivity index (χ0n) is 14.4. The molecule has 1 aliphatic rings. The Morgan fingerprint density at radius 3 is 2.40 bits per heavy atom. The van der Waals surface area contributed by atoms with Crippen molar-refractivity contribution < 1.29 is 22.8 Å². The lowest BCUT2D eigenvalue weighted by molar-refractivity contribution is -0.384. The number of hydrogen-bond acceptors (Lipinski definition) is 6. The zero-order valence-corrected chi connectivity index (χ0v) is 15.3. The summed E-state index contributed by atoms with van der Waals surface area (Å²) in [7, 11) is -3.68. The van der Waals surface area contributed by atoms with E-state index in [9.17, 15) is 18.5 Å². The summed E-state index contributed by atoms with van der Waals surface area (Å²) in [6.45, 7) is 5.60. The van der Waals surface area contributed by atoms with E-state index in [1.165, 1.54) is 24.3 Å². The van der Waals surface area contributed by atoms with Gasteiger partial charge in [0.2, 0.25) is 10.0 Å². The Hall–Kier alpha value is -1.55. The molecule has 0 radical (unpaired) electrons. The number of nitrogens with zero attached hydrogens (tertiary/aromatic N) is 1. The molecule has 1 atom stereocenters. The van der Waals surface area contributed by atoms with E-state index in [-0.39, 0.29) is 28.8 Å². The van der Waals surface area contributed by atoms with Crippen LogP contribution < -0.4 is 4.72 Å². The van der Waals surface area contributed by atoms with E-state index in [0.29, 0.717) is 19.6 Å². The molecule has 8 nitrogen and oxygen atoms in total. The van der Waals surface area contributed by atoms with Crippen molar-refractivity contribution in [3.8, 4) is 0 Å². The third-order valence-corrected chi connectivity index (χ3v) is 6.05. The minimum Gasteiger partial charge on any atom is -0.350 e. The van der Waals surface area contributed by atoms with Gasteiger partial charge in [0.25, 0.3) is 5.69 Å². The predicted octanol–water partition coefficient (Wildman–Crippen LogP) is 2.44. The van der Waals surface area contributed by atoms with E-state index < -0.39 is 14.9 Å². The van der Waals surface area contributed by atoms with Gasteiger partial charge >= 0.3 is 0 Å². The highest BCUT2D eigenvalue weighted by molar-refractivity contribution is 7.89. The van der Waals surface area contributed by atoms with Crippen molar-refractivity contribution in [3.63, 3.8) is 0 Å². The Morgan fingerprint density at radius 2 is 1.88 bits per heavy atom. The highest BCUT2D eigenvalue weighted by Gasteiger charge is 2.36. The van der Waals surface area contributed by atoms with Gasteiger partial charge in [-0.2, -0.15) is 0 Å². The van der Waals surface area contributed by atoms with Crippen LogP contribution in [0.2, 0.25) is 0 Å². The molecule has 1 aromatic carbocycles. The summed E-state index contributed by atoms with van der Waals surface area (Å²) >= 11 is 0. The number of nitrogens with one attached hydrogen (secondary N) is 1. The van der Waals surface area contributed by atoms with Crippen molar-refractivity contribution in [2.75, 3.05) is 19.8 Å². The van der Waals surface area contributed by atoms with E-state index in [2.05, 4.69) is 18.6 Å². The zero-order chi connectivity index (χ0) is 18.5. The van der Waals surface area contributed by atoms with E-state index in [4.69, 9.17) is 9.47 Å². The maximum atomic E-state index is 12.2. The summed E-state index contributed by atoms with van der Waals surface area (Å²) in [5, 5.41) is 10.6. The average molecular weight is 372 g/mol. The molecule has 1 aliphatic heterocycles. The van der Waals surface area contributed by atoms with Gasteiger partial charge in [-0.25, -0.2) is 13.1 Å². The second kappa shape index (κ2) is 8.22. The second-order valence-corrected chi connectivity index (χ2v) is 8.10. The Bertz CT molecular complexity index is 685. The van der Waals surface area contributed by atoms with Crippen LogP contribution in [0.15, 0.2) is 29.2 Å². The lowest BCUT2D eigenvalue weighted by Gasteiger charge is -2.33. The highest BCUT2D eigenvalue weighted by atomic mass is 32.2. The Morgan fingerprint density at radius 1 is 1.28 bits per heavy atom. The average Bonchev–Trinajstić information content (AvgIpc) is 3.14. The molecule has 0 spiro atoms. The SMILES string of the molecule is CCC(C)(CCCNS(=O)(=O)c1ccc([N+](=O)[O-])cc1)C1OCCO1. The summed E-state index contributed by atoms with van der Waals surface area (Å²) in [5.74, 6) is 0. The molecule has 0 bridgehead atoms. The molecule has 0 aliphatic carbocycles. The number of benzene rings is 1. The fourth-order valence-electron chi connectivity index (χ4n) is 2.75. The van der Waals surface area contributed by atoms with Gasteiger partial charge in [-0.3, -0.25) is 10.1 Å². The highest BCUT2D eigenvalue weighted by Crippen LogP contribution is 2.35. The Kier molecular flexibility index (Phi) is 6.50. The number of hydrogen-bond donors (Lipinski definition) is 1. The van der Waals surface area contributed by atoms with Crippen LogP contribution in [0.25, 0.3) is 0 Å². The molecular formula is C16H24N2O6S. The van der Waals surface area contributed by atoms with Gasteiger partial charge in [-0.1, -0.05) is 13.8 Å². The molecule has 1 saturated heterocycles. The van der Waals surface area contributed by atoms with Crippen molar-refractivity contribution in [2.45, 2.75) is 44.3 Å². The number of nitro groups is 1. The molecule has 140 valence electrons. The molecular weight excluding hydrogens is 348 g/mol. The maximum absolute atomic E-state index is 12.2. The molecule has 1 aromatic rings. The van der Waals surface area contributed by atoms with Gasteiger partial charge in [0.1, 0.15) is 0 Å². The number of ether oxygens (including phenoxy) is 2. The monoisotopic (exact) mass is 372 g/mol. The Labute approximate surface area is 147 Å². The minimum atomic E-state index is -3.68. The molecule has 1 fully saturated rings. The van der Waals surface area contributed by atoms with E-state index in [1.54, 1.807) is 0 Å². The van der Waals surface area contributed by atoms with Gasteiger partial charge in [-0.15, -0.1) is 0 Å². The molecule has 1 N–H and O–H groups in total. The maximum Gasteiger partial charge on any atom is 0.269 e. The van der Waals surface area contributed by atoms with E-state index >= 15 is 0 Å². The number of rotatable bonds is 9. The number of sulfonamides is 1. The summed E-state index contributed by atoms with van der Waals surface area (Å²) < 4.78 is 38.2. The first kappa shape index (κ1) is 19.8. The minimum absolute atomic E-state index is 0.0128. The fourth-order valence-corrected chi connectivity index (χ4v) is 3.83. The topological polar surface area (TPSA) is 108 Å². The summed E-state index contributed by atoms with van der Waals surface area (Å²) in [5.41, 5.74) is -0.302. The third-order valence-electron chi connectivity index (χ3n) is 4.57. The van der Waals surface area contributed by atoms with Crippen LogP contribution in [0.3, 0.4) is 0 Å². The standard InChI is InChI=1S/C16H24N2O6S/c1-3-16(2,15-23-11-12-24-15)9-4-10-17-25(21,22)14-7-5-13(6-8-14)18(19)20/h5-8,15,17H,3-4,9-12H2,1-2H3. The molecule has 0 saturated carbocycles. The van der Waals surface area contributed by atoms with Crippen molar-refractivity contribution >= 4 is 15.7 Å². The molecule has 1 unspecified atom stereocenters. The molecule has 0 amide bonds. The van der Waals surface area contributed by atoms with Gasteiger partial charge in [-0.05, 0) is 31.4 Å². The normalized spacial score (nSPS) is 18.2. The van der Waals surface area contributed by atoms with Gasteiger partial charge in [0.15, 0.2) is 6.29 Å². The molecule has 0 aromatic heterocycles. The van der Waals surface area contributed by atoms with Crippen LogP contribution in [-0.2, 0) is 19.5 Å². The van der Waals surface area contributed by atoms with E-state index in [1.807, 2.05) is 0 Å². The Balaban J connectivity index is 1.88. The van der Waals surface area contributed by atoms with Crippen LogP contribution >= 0.6 is 0 Å². The van der Waals surface area contributed by atoms with Crippen LogP contribution in [-0.4, -0.2) is 39.4 Å². The fraction of sp³-hybridized carbons (Fsp3) is 0.625. The van der Waals surface area contributed by atoms with Crippen molar-refractivity contribution in [2.24, 2.45) is 5.41 Å². The smallest absolute Gasteiger partial charge is 0.269 e.